The molecule has 2 unspecified atom stereocenters. The van der Waals surface area contributed by atoms with Gasteiger partial charge in [0.2, 0.25) is 0 Å². The van der Waals surface area contributed by atoms with E-state index in [1.807, 2.05) is 13.1 Å². The number of carbonyl (C=O) groups excluding carboxylic acids is 1. The number of hydrogen-bond donors (Lipinski definition) is 1. The van der Waals surface area contributed by atoms with Gasteiger partial charge in [-0.3, -0.25) is 10.00 Å². The lowest BCUT2D eigenvalue weighted by Crippen LogP contribution is -2.35. The summed E-state index contributed by atoms with van der Waals surface area (Å²) in [5, 5.41) is 7.40. The maximum absolute atomic E-state index is 11.9. The predicted octanol–water partition coefficient (Wildman–Crippen LogP) is 0.886. The fraction of sp³-hybridized carbons (Fsp3) is 0.692. The molecular weight excluding hydrogens is 246 g/mol. The summed E-state index contributed by atoms with van der Waals surface area (Å²) < 4.78 is 12.2. The summed E-state index contributed by atoms with van der Waals surface area (Å²) in [7, 11) is 1.40. The van der Waals surface area contributed by atoms with Gasteiger partial charge in [-0.25, -0.2) is 4.79 Å². The summed E-state index contributed by atoms with van der Waals surface area (Å²) in [4.78, 5) is 11.9. The van der Waals surface area contributed by atoms with Crippen LogP contribution in [0.1, 0.15) is 31.4 Å². The maximum Gasteiger partial charge on any atom is 0.327 e. The molecule has 0 radical (unpaired) electrons. The summed E-state index contributed by atoms with van der Waals surface area (Å²) >= 11 is 0. The third-order valence-electron chi connectivity index (χ3n) is 3.32. The van der Waals surface area contributed by atoms with Crippen molar-refractivity contribution in [1.29, 1.82) is 0 Å². The Morgan fingerprint density at radius 3 is 3.16 bits per heavy atom. The lowest BCUT2D eigenvalue weighted by atomic mass is 10.1. The Morgan fingerprint density at radius 2 is 2.58 bits per heavy atom. The van der Waals surface area contributed by atoms with Crippen LogP contribution in [0.15, 0.2) is 12.4 Å². The van der Waals surface area contributed by atoms with Crippen molar-refractivity contribution in [3.8, 4) is 0 Å². The number of nitrogens with zero attached hydrogens (tertiary/aromatic N) is 2. The number of rotatable bonds is 6. The van der Waals surface area contributed by atoms with Crippen molar-refractivity contribution in [2.45, 2.75) is 38.5 Å². The van der Waals surface area contributed by atoms with Crippen LogP contribution in [-0.4, -0.2) is 42.1 Å². The zero-order valence-corrected chi connectivity index (χ0v) is 11.5. The van der Waals surface area contributed by atoms with Crippen LogP contribution in [0.4, 0.5) is 0 Å². The van der Waals surface area contributed by atoms with Gasteiger partial charge < -0.3 is 9.47 Å². The molecule has 1 N–H and O–H groups in total. The van der Waals surface area contributed by atoms with Gasteiger partial charge >= 0.3 is 5.97 Å². The highest BCUT2D eigenvalue weighted by atomic mass is 16.5. The normalized spacial score (nSPS) is 20.4. The Bertz CT molecular complexity index is 413. The van der Waals surface area contributed by atoms with Gasteiger partial charge in [0.05, 0.1) is 19.4 Å². The van der Waals surface area contributed by atoms with E-state index in [-0.39, 0.29) is 12.1 Å². The van der Waals surface area contributed by atoms with Crippen LogP contribution in [0.5, 0.6) is 0 Å². The fourth-order valence-electron chi connectivity index (χ4n) is 2.21. The Kier molecular flexibility index (Phi) is 4.93. The molecule has 1 aromatic rings. The van der Waals surface area contributed by atoms with E-state index in [2.05, 4.69) is 10.4 Å². The van der Waals surface area contributed by atoms with E-state index in [0.717, 1.165) is 31.6 Å². The minimum atomic E-state index is -0.477. The minimum Gasteiger partial charge on any atom is -0.468 e. The van der Waals surface area contributed by atoms with Gasteiger partial charge in [-0.2, -0.15) is 5.10 Å². The first kappa shape index (κ1) is 14.0. The molecule has 0 aliphatic carbocycles. The number of nitrogens with one attached hydrogen (secondary N) is 1. The molecule has 2 atom stereocenters. The molecule has 106 valence electrons. The quantitative estimate of drug-likeness (QED) is 0.775. The first-order valence-electron chi connectivity index (χ1n) is 6.69. The van der Waals surface area contributed by atoms with Crippen LogP contribution < -0.4 is 5.32 Å². The SMILES string of the molecule is CCn1cc(C(NCC2CCCO2)C(=O)OC)cn1. The molecule has 1 fully saturated rings. The smallest absolute Gasteiger partial charge is 0.327 e. The monoisotopic (exact) mass is 267 g/mol. The highest BCUT2D eigenvalue weighted by molar-refractivity contribution is 5.77. The van der Waals surface area contributed by atoms with Gasteiger partial charge in [0.1, 0.15) is 6.04 Å². The molecule has 1 aromatic heterocycles. The highest BCUT2D eigenvalue weighted by Gasteiger charge is 2.25. The molecule has 19 heavy (non-hydrogen) atoms. The minimum absolute atomic E-state index is 0.188. The second-order valence-corrected chi connectivity index (χ2v) is 4.63. The summed E-state index contributed by atoms with van der Waals surface area (Å²) in [5.41, 5.74) is 0.826. The molecule has 0 spiro atoms. The van der Waals surface area contributed by atoms with Crippen molar-refractivity contribution < 1.29 is 14.3 Å². The molecule has 2 rings (SSSR count). The fourth-order valence-corrected chi connectivity index (χ4v) is 2.21. The van der Waals surface area contributed by atoms with Crippen LogP contribution in [0, 0.1) is 0 Å². The van der Waals surface area contributed by atoms with Gasteiger partial charge in [0.15, 0.2) is 0 Å². The average Bonchev–Trinajstić information content (AvgIpc) is 3.09. The van der Waals surface area contributed by atoms with E-state index in [1.165, 1.54) is 7.11 Å². The standard InChI is InChI=1S/C13H21N3O3/c1-3-16-9-10(7-15-16)12(13(17)18-2)14-8-11-5-4-6-19-11/h7,9,11-12,14H,3-6,8H2,1-2H3. The van der Waals surface area contributed by atoms with E-state index in [1.54, 1.807) is 10.9 Å². The molecule has 2 heterocycles. The summed E-state index contributed by atoms with van der Waals surface area (Å²) in [6, 6.07) is -0.477. The van der Waals surface area contributed by atoms with Crippen LogP contribution >= 0.6 is 0 Å². The Labute approximate surface area is 113 Å². The molecule has 1 aliphatic heterocycles. The van der Waals surface area contributed by atoms with Crippen LogP contribution in [0.25, 0.3) is 0 Å². The summed E-state index contributed by atoms with van der Waals surface area (Å²) in [5.74, 6) is -0.298. The van der Waals surface area contributed by atoms with E-state index in [9.17, 15) is 4.79 Å². The zero-order valence-electron chi connectivity index (χ0n) is 11.5. The van der Waals surface area contributed by atoms with Crippen LogP contribution in [0.3, 0.4) is 0 Å². The molecule has 0 aromatic carbocycles. The number of methoxy groups -OCH3 is 1. The molecular formula is C13H21N3O3. The Balaban J connectivity index is 2.00. The van der Waals surface area contributed by atoms with Gasteiger partial charge in [0.25, 0.3) is 0 Å². The number of carbonyl (C=O) groups is 1. The molecule has 1 aliphatic rings. The van der Waals surface area contributed by atoms with E-state index in [0.29, 0.717) is 6.54 Å². The first-order valence-corrected chi connectivity index (χ1v) is 6.69. The lowest BCUT2D eigenvalue weighted by molar-refractivity contribution is -0.143. The number of hydrogen-bond acceptors (Lipinski definition) is 5. The van der Waals surface area contributed by atoms with Crippen molar-refractivity contribution in [2.75, 3.05) is 20.3 Å². The predicted molar refractivity (Wildman–Crippen MR) is 69.6 cm³/mol. The van der Waals surface area contributed by atoms with Gasteiger partial charge in [-0.1, -0.05) is 0 Å². The molecule has 1 saturated heterocycles. The first-order chi connectivity index (χ1) is 9.24. The molecule has 6 nitrogen and oxygen atoms in total. The number of ether oxygens (including phenoxy) is 2. The van der Waals surface area contributed by atoms with E-state index < -0.39 is 6.04 Å². The molecule has 0 amide bonds. The summed E-state index contributed by atoms with van der Waals surface area (Å²) in [6.45, 7) is 4.24. The lowest BCUT2D eigenvalue weighted by Gasteiger charge is -2.17. The highest BCUT2D eigenvalue weighted by Crippen LogP contribution is 2.16. The largest absolute Gasteiger partial charge is 0.468 e. The zero-order chi connectivity index (χ0) is 13.7. The van der Waals surface area contributed by atoms with Crippen molar-refractivity contribution in [1.82, 2.24) is 15.1 Å². The molecule has 6 heteroatoms. The third kappa shape index (κ3) is 3.54. The van der Waals surface area contributed by atoms with Crippen molar-refractivity contribution in [3.05, 3.63) is 18.0 Å². The van der Waals surface area contributed by atoms with Gasteiger partial charge in [-0.05, 0) is 19.8 Å². The number of aromatic nitrogens is 2. The van der Waals surface area contributed by atoms with Gasteiger partial charge in [0, 0.05) is 31.5 Å². The van der Waals surface area contributed by atoms with E-state index in [4.69, 9.17) is 9.47 Å². The van der Waals surface area contributed by atoms with Crippen LogP contribution in [-0.2, 0) is 20.8 Å². The number of esters is 1. The Morgan fingerprint density at radius 1 is 1.74 bits per heavy atom. The van der Waals surface area contributed by atoms with Crippen LogP contribution in [0.2, 0.25) is 0 Å². The Hall–Kier alpha value is -1.40. The topological polar surface area (TPSA) is 65.4 Å². The second kappa shape index (κ2) is 6.68. The molecule has 0 saturated carbocycles. The van der Waals surface area contributed by atoms with E-state index >= 15 is 0 Å². The average molecular weight is 267 g/mol. The number of aryl methyl sites for hydroxylation is 1. The van der Waals surface area contributed by atoms with Gasteiger partial charge in [-0.15, -0.1) is 0 Å². The molecule has 0 bridgehead atoms. The van der Waals surface area contributed by atoms with Crippen molar-refractivity contribution in [3.63, 3.8) is 0 Å². The second-order valence-electron chi connectivity index (χ2n) is 4.63. The maximum atomic E-state index is 11.9. The third-order valence-corrected chi connectivity index (χ3v) is 3.32. The van der Waals surface area contributed by atoms with Crippen molar-refractivity contribution >= 4 is 5.97 Å². The van der Waals surface area contributed by atoms with Crippen molar-refractivity contribution in [2.24, 2.45) is 0 Å². The summed E-state index contributed by atoms with van der Waals surface area (Å²) in [6.07, 6.45) is 5.88.